The molecule has 3 aliphatic rings. The summed E-state index contributed by atoms with van der Waals surface area (Å²) in [6.45, 7) is 0. The molecule has 64 valence electrons. The van der Waals surface area contributed by atoms with Gasteiger partial charge in [-0.05, 0) is 36.7 Å². The maximum Gasteiger partial charge on any atom is 0.220 e. The number of amides is 1. The predicted molar refractivity (Wildman–Crippen MR) is 45.5 cm³/mol. The lowest BCUT2D eigenvalue weighted by Gasteiger charge is -2.09. The molecule has 2 nitrogen and oxygen atoms in total. The summed E-state index contributed by atoms with van der Waals surface area (Å²) in [6, 6.07) is 0.435. The molecule has 0 bridgehead atoms. The van der Waals surface area contributed by atoms with Crippen LogP contribution in [0.2, 0.25) is 0 Å². The number of fused-ring (bicyclic) bond motifs is 3. The van der Waals surface area contributed by atoms with Crippen LogP contribution in [0.4, 0.5) is 0 Å². The molecule has 12 heavy (non-hydrogen) atoms. The third-order valence-corrected chi connectivity index (χ3v) is 3.55. The molecule has 2 fully saturated rings. The van der Waals surface area contributed by atoms with Crippen molar-refractivity contribution in [3.05, 3.63) is 11.6 Å². The van der Waals surface area contributed by atoms with Gasteiger partial charge in [-0.15, -0.1) is 0 Å². The molecule has 3 unspecified atom stereocenters. The second-order valence-corrected chi connectivity index (χ2v) is 4.22. The molecule has 0 radical (unpaired) electrons. The molecule has 0 aromatic heterocycles. The Bertz CT molecular complexity index is 269. The molecular weight excluding hydrogens is 150 g/mol. The zero-order chi connectivity index (χ0) is 8.13. The fourth-order valence-electron chi connectivity index (χ4n) is 3.07. The van der Waals surface area contributed by atoms with Crippen LogP contribution < -0.4 is 5.32 Å². The van der Waals surface area contributed by atoms with Crippen LogP contribution in [0.15, 0.2) is 11.6 Å². The molecule has 1 aliphatic heterocycles. The minimum absolute atomic E-state index is 0.260. The van der Waals surface area contributed by atoms with Crippen molar-refractivity contribution in [3.8, 4) is 0 Å². The molecular formula is C10H13NO. The fraction of sp³-hybridized carbons (Fsp3) is 0.700. The molecule has 1 saturated heterocycles. The second kappa shape index (κ2) is 2.12. The largest absolute Gasteiger partial charge is 0.349 e. The molecule has 2 aliphatic carbocycles. The van der Waals surface area contributed by atoms with Crippen LogP contribution in [0.3, 0.4) is 0 Å². The Morgan fingerprint density at radius 1 is 1.50 bits per heavy atom. The lowest BCUT2D eigenvalue weighted by atomic mass is 10.0. The molecule has 0 spiro atoms. The first-order chi connectivity index (χ1) is 5.84. The highest BCUT2D eigenvalue weighted by Gasteiger charge is 2.45. The average molecular weight is 163 g/mol. The Kier molecular flexibility index (Phi) is 1.18. The minimum Gasteiger partial charge on any atom is -0.349 e. The Labute approximate surface area is 72.0 Å². The number of carbonyl (C=O) groups excluding carboxylic acids is 1. The number of nitrogens with one attached hydrogen (secondary N) is 1. The van der Waals surface area contributed by atoms with Crippen molar-refractivity contribution in [1.82, 2.24) is 5.32 Å². The Hall–Kier alpha value is -0.790. The normalized spacial score (nSPS) is 43.8. The first kappa shape index (κ1) is 6.70. The molecule has 3 atom stereocenters. The van der Waals surface area contributed by atoms with Gasteiger partial charge in [0.05, 0.1) is 6.04 Å². The van der Waals surface area contributed by atoms with Crippen LogP contribution in [0.1, 0.15) is 25.7 Å². The smallest absolute Gasteiger partial charge is 0.220 e. The van der Waals surface area contributed by atoms with Gasteiger partial charge < -0.3 is 5.32 Å². The summed E-state index contributed by atoms with van der Waals surface area (Å²) in [5, 5.41) is 3.08. The fourth-order valence-corrected chi connectivity index (χ4v) is 3.07. The monoisotopic (exact) mass is 163 g/mol. The van der Waals surface area contributed by atoms with E-state index in [0.717, 1.165) is 12.3 Å². The first-order valence-corrected chi connectivity index (χ1v) is 4.84. The van der Waals surface area contributed by atoms with Crippen molar-refractivity contribution in [3.63, 3.8) is 0 Å². The molecule has 2 heteroatoms. The molecule has 1 saturated carbocycles. The third kappa shape index (κ3) is 0.728. The molecule has 1 N–H and O–H groups in total. The van der Waals surface area contributed by atoms with E-state index in [-0.39, 0.29) is 5.91 Å². The molecule has 0 aromatic rings. The number of rotatable bonds is 0. The van der Waals surface area contributed by atoms with Crippen molar-refractivity contribution in [2.75, 3.05) is 0 Å². The number of hydrogen-bond acceptors (Lipinski definition) is 1. The molecule has 1 amide bonds. The van der Waals surface area contributed by atoms with Crippen LogP contribution in [0.25, 0.3) is 0 Å². The van der Waals surface area contributed by atoms with E-state index in [9.17, 15) is 4.79 Å². The summed E-state index contributed by atoms with van der Waals surface area (Å²) < 4.78 is 0. The second-order valence-electron chi connectivity index (χ2n) is 4.22. The zero-order valence-corrected chi connectivity index (χ0v) is 7.05. The van der Waals surface area contributed by atoms with Gasteiger partial charge in [0.15, 0.2) is 0 Å². The van der Waals surface area contributed by atoms with Crippen LogP contribution in [-0.4, -0.2) is 11.9 Å². The van der Waals surface area contributed by atoms with Gasteiger partial charge in [0, 0.05) is 6.42 Å². The van der Waals surface area contributed by atoms with E-state index in [0.29, 0.717) is 12.0 Å². The van der Waals surface area contributed by atoms with E-state index in [4.69, 9.17) is 0 Å². The Balaban J connectivity index is 1.93. The van der Waals surface area contributed by atoms with Gasteiger partial charge in [-0.25, -0.2) is 0 Å². The summed E-state index contributed by atoms with van der Waals surface area (Å²) in [5.41, 5.74) is 1.55. The van der Waals surface area contributed by atoms with Gasteiger partial charge >= 0.3 is 0 Å². The van der Waals surface area contributed by atoms with Gasteiger partial charge in [-0.2, -0.15) is 0 Å². The predicted octanol–water partition coefficient (Wildman–Crippen LogP) is 1.23. The highest BCUT2D eigenvalue weighted by atomic mass is 16.2. The van der Waals surface area contributed by atoms with E-state index in [1.807, 2.05) is 0 Å². The van der Waals surface area contributed by atoms with Crippen molar-refractivity contribution in [2.24, 2.45) is 11.8 Å². The van der Waals surface area contributed by atoms with Crippen LogP contribution in [-0.2, 0) is 4.79 Å². The lowest BCUT2D eigenvalue weighted by Crippen LogP contribution is -2.27. The van der Waals surface area contributed by atoms with Crippen LogP contribution in [0, 0.1) is 11.8 Å². The van der Waals surface area contributed by atoms with E-state index in [1.165, 1.54) is 19.3 Å². The third-order valence-electron chi connectivity index (χ3n) is 3.55. The van der Waals surface area contributed by atoms with E-state index in [2.05, 4.69) is 11.4 Å². The zero-order valence-electron chi connectivity index (χ0n) is 7.05. The topological polar surface area (TPSA) is 29.1 Å². The van der Waals surface area contributed by atoms with Gasteiger partial charge in [0.1, 0.15) is 0 Å². The summed E-state index contributed by atoms with van der Waals surface area (Å²) in [4.78, 5) is 11.1. The van der Waals surface area contributed by atoms with Crippen molar-refractivity contribution >= 4 is 5.91 Å². The summed E-state index contributed by atoms with van der Waals surface area (Å²) in [5.74, 6) is 1.71. The van der Waals surface area contributed by atoms with E-state index < -0.39 is 0 Å². The number of allylic oxidation sites excluding steroid dienone is 1. The highest BCUT2D eigenvalue weighted by molar-refractivity contribution is 5.80. The van der Waals surface area contributed by atoms with Crippen LogP contribution in [0.5, 0.6) is 0 Å². The maximum atomic E-state index is 11.1. The molecule has 1 heterocycles. The van der Waals surface area contributed by atoms with Gasteiger partial charge in [-0.3, -0.25) is 4.79 Å². The number of hydrogen-bond donors (Lipinski definition) is 1. The van der Waals surface area contributed by atoms with Crippen molar-refractivity contribution in [2.45, 2.75) is 31.7 Å². The maximum absolute atomic E-state index is 11.1. The summed E-state index contributed by atoms with van der Waals surface area (Å²) in [6.07, 6.45) is 6.95. The van der Waals surface area contributed by atoms with Gasteiger partial charge in [0.25, 0.3) is 0 Å². The lowest BCUT2D eigenvalue weighted by molar-refractivity contribution is -0.119. The van der Waals surface area contributed by atoms with Crippen molar-refractivity contribution in [1.29, 1.82) is 0 Å². The van der Waals surface area contributed by atoms with Gasteiger partial charge in [0.2, 0.25) is 5.91 Å². The van der Waals surface area contributed by atoms with E-state index in [1.54, 1.807) is 5.57 Å². The van der Waals surface area contributed by atoms with Gasteiger partial charge in [-0.1, -0.05) is 6.08 Å². The molecule has 0 aromatic carbocycles. The standard InChI is InChI=1S/C10H13NO/c12-9-5-7-4-6-2-1-3-8(6)10(7)11-9/h3,6-7,10H,1-2,4-5H2,(H,11,12). The quantitative estimate of drug-likeness (QED) is 0.535. The highest BCUT2D eigenvalue weighted by Crippen LogP contribution is 2.46. The first-order valence-electron chi connectivity index (χ1n) is 4.84. The Morgan fingerprint density at radius 3 is 3.33 bits per heavy atom. The minimum atomic E-state index is 0.260. The SMILES string of the molecule is O=C1CC2CC3CCC=C3C2N1. The van der Waals surface area contributed by atoms with Crippen LogP contribution >= 0.6 is 0 Å². The number of carbonyl (C=O) groups is 1. The molecule has 3 rings (SSSR count). The van der Waals surface area contributed by atoms with Crippen molar-refractivity contribution < 1.29 is 4.79 Å². The summed E-state index contributed by atoms with van der Waals surface area (Å²) in [7, 11) is 0. The van der Waals surface area contributed by atoms with E-state index >= 15 is 0 Å². The Morgan fingerprint density at radius 2 is 2.42 bits per heavy atom. The average Bonchev–Trinajstić information content (AvgIpc) is 2.59. The summed E-state index contributed by atoms with van der Waals surface area (Å²) >= 11 is 0.